The molecule has 4 nitrogen and oxygen atoms in total. The molecular weight excluding hydrogens is 303 g/mol. The van der Waals surface area contributed by atoms with Crippen molar-refractivity contribution >= 4 is 23.1 Å². The van der Waals surface area contributed by atoms with Crippen LogP contribution in [0.4, 0.5) is 27.5 Å². The molecule has 5 heteroatoms. The molecule has 122 valence electrons. The lowest BCUT2D eigenvalue weighted by molar-refractivity contribution is 0.631. The highest BCUT2D eigenvalue weighted by Crippen LogP contribution is 2.25. The Morgan fingerprint density at radius 1 is 0.833 bits per heavy atom. The summed E-state index contributed by atoms with van der Waals surface area (Å²) in [5.41, 5.74) is 4.43. The van der Waals surface area contributed by atoms with E-state index in [1.165, 1.54) is 6.07 Å². The Morgan fingerprint density at radius 3 is 2.25 bits per heavy atom. The lowest BCUT2D eigenvalue weighted by atomic mass is 10.1. The summed E-state index contributed by atoms with van der Waals surface area (Å²) >= 11 is 0. The van der Waals surface area contributed by atoms with Gasteiger partial charge in [-0.05, 0) is 44.0 Å². The Labute approximate surface area is 140 Å². The second-order valence-electron chi connectivity index (χ2n) is 5.71. The predicted molar refractivity (Wildman–Crippen MR) is 95.7 cm³/mol. The molecule has 0 fully saturated rings. The number of anilines is 4. The molecule has 0 atom stereocenters. The molecule has 0 amide bonds. The van der Waals surface area contributed by atoms with Crippen LogP contribution in [0.2, 0.25) is 0 Å². The fourth-order valence-corrected chi connectivity index (χ4v) is 2.51. The first-order valence-electron chi connectivity index (χ1n) is 7.73. The monoisotopic (exact) mass is 322 g/mol. The van der Waals surface area contributed by atoms with Gasteiger partial charge in [0, 0.05) is 17.4 Å². The molecule has 1 heterocycles. The van der Waals surface area contributed by atoms with Crippen LogP contribution in [0.25, 0.3) is 0 Å². The van der Waals surface area contributed by atoms with Crippen LogP contribution in [0.5, 0.6) is 0 Å². The third-order valence-electron chi connectivity index (χ3n) is 3.71. The van der Waals surface area contributed by atoms with Crippen molar-refractivity contribution in [2.45, 2.75) is 20.8 Å². The number of aromatic nitrogens is 2. The highest BCUT2D eigenvalue weighted by atomic mass is 19.1. The Balaban J connectivity index is 1.91. The summed E-state index contributed by atoms with van der Waals surface area (Å²) in [5.74, 6) is 0.680. The van der Waals surface area contributed by atoms with Gasteiger partial charge < -0.3 is 10.6 Å². The van der Waals surface area contributed by atoms with E-state index in [-0.39, 0.29) is 5.82 Å². The molecule has 2 aromatic carbocycles. The van der Waals surface area contributed by atoms with Gasteiger partial charge in [-0.3, -0.25) is 0 Å². The van der Waals surface area contributed by atoms with Crippen molar-refractivity contribution in [3.63, 3.8) is 0 Å². The van der Waals surface area contributed by atoms with Crippen LogP contribution < -0.4 is 10.6 Å². The summed E-state index contributed by atoms with van der Waals surface area (Å²) in [7, 11) is 0. The molecule has 0 saturated carbocycles. The number of benzene rings is 2. The smallest absolute Gasteiger partial charge is 0.229 e. The Hall–Kier alpha value is -2.95. The topological polar surface area (TPSA) is 49.8 Å². The molecule has 0 spiro atoms. The van der Waals surface area contributed by atoms with E-state index in [9.17, 15) is 4.39 Å². The minimum atomic E-state index is -0.341. The summed E-state index contributed by atoms with van der Waals surface area (Å²) in [6.07, 6.45) is 0. The van der Waals surface area contributed by atoms with Gasteiger partial charge in [0.1, 0.15) is 11.6 Å². The van der Waals surface area contributed by atoms with Gasteiger partial charge in [-0.1, -0.05) is 30.3 Å². The van der Waals surface area contributed by atoms with Crippen molar-refractivity contribution < 1.29 is 4.39 Å². The van der Waals surface area contributed by atoms with E-state index in [2.05, 4.69) is 20.6 Å². The highest BCUT2D eigenvalue weighted by Gasteiger charge is 2.08. The molecule has 0 bridgehead atoms. The molecular formula is C19H19FN4. The lowest BCUT2D eigenvalue weighted by Gasteiger charge is -2.14. The molecule has 3 aromatic rings. The van der Waals surface area contributed by atoms with Crippen LogP contribution in [-0.2, 0) is 0 Å². The van der Waals surface area contributed by atoms with Crippen LogP contribution in [0, 0.1) is 26.6 Å². The lowest BCUT2D eigenvalue weighted by Crippen LogP contribution is -2.04. The zero-order valence-electron chi connectivity index (χ0n) is 13.9. The Morgan fingerprint density at radius 2 is 1.54 bits per heavy atom. The number of aryl methyl sites for hydroxylation is 3. The molecule has 0 aliphatic rings. The van der Waals surface area contributed by atoms with E-state index in [1.54, 1.807) is 18.2 Å². The normalized spacial score (nSPS) is 10.5. The molecule has 0 radical (unpaired) electrons. The molecule has 0 saturated heterocycles. The number of rotatable bonds is 4. The average Bonchev–Trinajstić information content (AvgIpc) is 2.53. The van der Waals surface area contributed by atoms with E-state index >= 15 is 0 Å². The third-order valence-corrected chi connectivity index (χ3v) is 3.71. The van der Waals surface area contributed by atoms with E-state index in [4.69, 9.17) is 0 Å². The molecule has 0 unspecified atom stereocenters. The summed E-state index contributed by atoms with van der Waals surface area (Å²) < 4.78 is 13.8. The predicted octanol–water partition coefficient (Wildman–Crippen LogP) is 5.03. The van der Waals surface area contributed by atoms with Crippen LogP contribution >= 0.6 is 0 Å². The van der Waals surface area contributed by atoms with Crippen molar-refractivity contribution in [2.24, 2.45) is 0 Å². The second-order valence-corrected chi connectivity index (χ2v) is 5.71. The van der Waals surface area contributed by atoms with Crippen molar-refractivity contribution in [1.29, 1.82) is 0 Å². The van der Waals surface area contributed by atoms with Gasteiger partial charge in [-0.15, -0.1) is 0 Å². The number of halogens is 1. The maximum absolute atomic E-state index is 13.8. The van der Waals surface area contributed by atoms with Gasteiger partial charge in [0.15, 0.2) is 0 Å². The second kappa shape index (κ2) is 6.66. The minimum absolute atomic E-state index is 0.341. The molecule has 3 rings (SSSR count). The quantitative estimate of drug-likeness (QED) is 0.707. The number of para-hydroxylation sites is 2. The molecule has 2 N–H and O–H groups in total. The molecule has 0 aliphatic carbocycles. The summed E-state index contributed by atoms with van der Waals surface area (Å²) in [6, 6.07) is 14.4. The fourth-order valence-electron chi connectivity index (χ4n) is 2.51. The number of nitrogens with zero attached hydrogens (tertiary/aromatic N) is 2. The van der Waals surface area contributed by atoms with Crippen LogP contribution in [0.1, 0.15) is 16.8 Å². The first-order chi connectivity index (χ1) is 11.5. The van der Waals surface area contributed by atoms with Crippen molar-refractivity contribution in [1.82, 2.24) is 9.97 Å². The van der Waals surface area contributed by atoms with Gasteiger partial charge in [-0.25, -0.2) is 9.37 Å². The maximum atomic E-state index is 13.8. The van der Waals surface area contributed by atoms with E-state index in [0.29, 0.717) is 17.5 Å². The van der Waals surface area contributed by atoms with E-state index in [1.807, 2.05) is 45.0 Å². The standard InChI is InChI=1S/C19H19FN4/c1-12-7-6-8-13(2)18(12)23-17-11-14(3)21-19(24-17)22-16-10-5-4-9-15(16)20/h4-11H,1-3H3,(H2,21,22,23,24). The Bertz CT molecular complexity index is 857. The van der Waals surface area contributed by atoms with Crippen LogP contribution in [0.3, 0.4) is 0 Å². The summed E-state index contributed by atoms with van der Waals surface area (Å²) in [4.78, 5) is 8.78. The van der Waals surface area contributed by atoms with Crippen LogP contribution in [-0.4, -0.2) is 9.97 Å². The van der Waals surface area contributed by atoms with E-state index in [0.717, 1.165) is 22.5 Å². The maximum Gasteiger partial charge on any atom is 0.229 e. The van der Waals surface area contributed by atoms with E-state index < -0.39 is 0 Å². The number of hydrogen-bond donors (Lipinski definition) is 2. The minimum Gasteiger partial charge on any atom is -0.340 e. The zero-order chi connectivity index (χ0) is 17.1. The zero-order valence-corrected chi connectivity index (χ0v) is 13.9. The van der Waals surface area contributed by atoms with Crippen LogP contribution in [0.15, 0.2) is 48.5 Å². The Kier molecular flexibility index (Phi) is 4.42. The third kappa shape index (κ3) is 3.51. The van der Waals surface area contributed by atoms with Crippen molar-refractivity contribution in [2.75, 3.05) is 10.6 Å². The van der Waals surface area contributed by atoms with Gasteiger partial charge in [0.25, 0.3) is 0 Å². The van der Waals surface area contributed by atoms with Crippen molar-refractivity contribution in [3.8, 4) is 0 Å². The molecule has 0 aliphatic heterocycles. The summed E-state index contributed by atoms with van der Waals surface area (Å²) in [6.45, 7) is 5.97. The summed E-state index contributed by atoms with van der Waals surface area (Å²) in [5, 5.41) is 6.27. The molecule has 1 aromatic heterocycles. The van der Waals surface area contributed by atoms with Gasteiger partial charge in [0.05, 0.1) is 5.69 Å². The number of nitrogens with one attached hydrogen (secondary N) is 2. The van der Waals surface area contributed by atoms with Gasteiger partial charge >= 0.3 is 0 Å². The van der Waals surface area contributed by atoms with Gasteiger partial charge in [-0.2, -0.15) is 4.98 Å². The highest BCUT2D eigenvalue weighted by molar-refractivity contribution is 5.66. The first kappa shape index (κ1) is 15.9. The van der Waals surface area contributed by atoms with Gasteiger partial charge in [0.2, 0.25) is 5.95 Å². The fraction of sp³-hybridized carbons (Fsp3) is 0.158. The largest absolute Gasteiger partial charge is 0.340 e. The average molecular weight is 322 g/mol. The SMILES string of the molecule is Cc1cc(Nc2c(C)cccc2C)nc(Nc2ccccc2F)n1. The first-order valence-corrected chi connectivity index (χ1v) is 7.73. The number of hydrogen-bond acceptors (Lipinski definition) is 4. The van der Waals surface area contributed by atoms with Crippen molar-refractivity contribution in [3.05, 3.63) is 71.2 Å². The molecule has 24 heavy (non-hydrogen) atoms.